The van der Waals surface area contributed by atoms with E-state index in [2.05, 4.69) is 10.0 Å². The van der Waals surface area contributed by atoms with Crippen LogP contribution < -0.4 is 10.0 Å². The van der Waals surface area contributed by atoms with Crippen LogP contribution in [0.5, 0.6) is 0 Å². The predicted molar refractivity (Wildman–Crippen MR) is 64.2 cm³/mol. The lowest BCUT2D eigenvalue weighted by molar-refractivity contribution is -0.121. The van der Waals surface area contributed by atoms with E-state index in [-0.39, 0.29) is 36.2 Å². The standard InChI is InChI=1S/C9H14N2O4S2/c12-6-5-10-8(13)3-4-11-17(14,15)9-2-1-7-16-9/h1-2,7,11-12H,3-6H2,(H,10,13). The quantitative estimate of drug-likeness (QED) is 0.628. The summed E-state index contributed by atoms with van der Waals surface area (Å²) < 4.78 is 25.8. The SMILES string of the molecule is O=C(CCNS(=O)(=O)c1cccs1)NCCO. The molecule has 0 aliphatic carbocycles. The highest BCUT2D eigenvalue weighted by molar-refractivity contribution is 7.91. The fourth-order valence-electron chi connectivity index (χ4n) is 1.07. The molecule has 8 heteroatoms. The second-order valence-corrected chi connectivity index (χ2v) is 6.09. The first-order valence-electron chi connectivity index (χ1n) is 4.97. The summed E-state index contributed by atoms with van der Waals surface area (Å²) in [6.45, 7) is 0.0840. The molecule has 1 amide bonds. The van der Waals surface area contributed by atoms with Gasteiger partial charge in [0, 0.05) is 19.5 Å². The molecule has 1 rings (SSSR count). The van der Waals surface area contributed by atoms with Crippen molar-refractivity contribution in [2.45, 2.75) is 10.6 Å². The first-order chi connectivity index (χ1) is 8.06. The smallest absolute Gasteiger partial charge is 0.250 e. The average Bonchev–Trinajstić information content (AvgIpc) is 2.80. The van der Waals surface area contributed by atoms with Gasteiger partial charge in [-0.1, -0.05) is 6.07 Å². The van der Waals surface area contributed by atoms with Crippen molar-refractivity contribution >= 4 is 27.3 Å². The molecule has 0 aliphatic rings. The topological polar surface area (TPSA) is 95.5 Å². The average molecular weight is 278 g/mol. The number of sulfonamides is 1. The number of rotatable bonds is 7. The van der Waals surface area contributed by atoms with Crippen molar-refractivity contribution < 1.29 is 18.3 Å². The molecule has 17 heavy (non-hydrogen) atoms. The number of nitrogens with one attached hydrogen (secondary N) is 2. The number of carbonyl (C=O) groups excluding carboxylic acids is 1. The van der Waals surface area contributed by atoms with Crippen LogP contribution in [0.25, 0.3) is 0 Å². The van der Waals surface area contributed by atoms with E-state index in [4.69, 9.17) is 5.11 Å². The van der Waals surface area contributed by atoms with E-state index in [0.717, 1.165) is 11.3 Å². The fourth-order valence-corrected chi connectivity index (χ4v) is 3.14. The number of hydrogen-bond donors (Lipinski definition) is 3. The molecule has 0 saturated carbocycles. The lowest BCUT2D eigenvalue weighted by atomic mass is 10.4. The molecule has 0 atom stereocenters. The van der Waals surface area contributed by atoms with Gasteiger partial charge in [0.2, 0.25) is 15.9 Å². The van der Waals surface area contributed by atoms with E-state index in [1.54, 1.807) is 11.4 Å². The molecule has 0 fully saturated rings. The highest BCUT2D eigenvalue weighted by Crippen LogP contribution is 2.14. The molecule has 1 aromatic heterocycles. The Labute approximate surface area is 104 Å². The van der Waals surface area contributed by atoms with Gasteiger partial charge in [0.1, 0.15) is 4.21 Å². The Kier molecular flexibility index (Phi) is 5.56. The normalized spacial score (nSPS) is 11.4. The minimum absolute atomic E-state index is 0.0392. The number of carbonyl (C=O) groups is 1. The zero-order valence-corrected chi connectivity index (χ0v) is 10.7. The third kappa shape index (κ3) is 4.82. The highest BCUT2D eigenvalue weighted by Gasteiger charge is 2.14. The minimum atomic E-state index is -3.49. The third-order valence-electron chi connectivity index (χ3n) is 1.84. The maximum atomic E-state index is 11.6. The molecule has 96 valence electrons. The number of aliphatic hydroxyl groups excluding tert-OH is 1. The van der Waals surface area contributed by atoms with Crippen LogP contribution in [0.1, 0.15) is 6.42 Å². The van der Waals surface area contributed by atoms with Crippen LogP contribution in [0.3, 0.4) is 0 Å². The molecule has 0 spiro atoms. The summed E-state index contributed by atoms with van der Waals surface area (Å²) in [5.41, 5.74) is 0. The van der Waals surface area contributed by atoms with Crippen LogP contribution in [0.4, 0.5) is 0 Å². The van der Waals surface area contributed by atoms with Crippen LogP contribution in [0.2, 0.25) is 0 Å². The summed E-state index contributed by atoms with van der Waals surface area (Å²) >= 11 is 1.12. The van der Waals surface area contributed by atoms with Gasteiger partial charge in [-0.3, -0.25) is 4.79 Å². The minimum Gasteiger partial charge on any atom is -0.395 e. The Hall–Kier alpha value is -0.960. The monoisotopic (exact) mass is 278 g/mol. The Bertz CT molecular complexity index is 442. The van der Waals surface area contributed by atoms with Crippen molar-refractivity contribution in [1.29, 1.82) is 0 Å². The number of amides is 1. The highest BCUT2D eigenvalue weighted by atomic mass is 32.2. The van der Waals surface area contributed by atoms with Gasteiger partial charge in [-0.05, 0) is 11.4 Å². The third-order valence-corrected chi connectivity index (χ3v) is 4.70. The maximum Gasteiger partial charge on any atom is 0.250 e. The van der Waals surface area contributed by atoms with Crippen molar-refractivity contribution in [1.82, 2.24) is 10.0 Å². The van der Waals surface area contributed by atoms with Crippen LogP contribution >= 0.6 is 11.3 Å². The largest absolute Gasteiger partial charge is 0.395 e. The van der Waals surface area contributed by atoms with Gasteiger partial charge in [-0.2, -0.15) is 0 Å². The molecule has 1 aromatic rings. The zero-order chi connectivity index (χ0) is 12.7. The van der Waals surface area contributed by atoms with Crippen molar-refractivity contribution in [3.05, 3.63) is 17.5 Å². The molecule has 6 nitrogen and oxygen atoms in total. The summed E-state index contributed by atoms with van der Waals surface area (Å²) in [5.74, 6) is -0.298. The molecule has 0 saturated heterocycles. The van der Waals surface area contributed by atoms with E-state index >= 15 is 0 Å². The van der Waals surface area contributed by atoms with Gasteiger partial charge in [-0.15, -0.1) is 11.3 Å². The van der Waals surface area contributed by atoms with Crippen LogP contribution in [0.15, 0.2) is 21.7 Å². The summed E-state index contributed by atoms with van der Waals surface area (Å²) in [6, 6.07) is 3.14. The molecular formula is C9H14N2O4S2. The number of thiophene rings is 1. The van der Waals surface area contributed by atoms with E-state index in [1.807, 2.05) is 0 Å². The predicted octanol–water partition coefficient (Wildman–Crippen LogP) is -0.475. The van der Waals surface area contributed by atoms with Crippen molar-refractivity contribution in [2.24, 2.45) is 0 Å². The van der Waals surface area contributed by atoms with Crippen molar-refractivity contribution in [2.75, 3.05) is 19.7 Å². The second kappa shape index (κ2) is 6.70. The second-order valence-electron chi connectivity index (χ2n) is 3.15. The van der Waals surface area contributed by atoms with Gasteiger partial charge < -0.3 is 10.4 Å². The van der Waals surface area contributed by atoms with Crippen LogP contribution in [-0.2, 0) is 14.8 Å². The summed E-state index contributed by atoms with van der Waals surface area (Å²) in [7, 11) is -3.49. The maximum absolute atomic E-state index is 11.6. The van der Waals surface area contributed by atoms with Crippen LogP contribution in [-0.4, -0.2) is 39.1 Å². The molecule has 1 heterocycles. The van der Waals surface area contributed by atoms with E-state index in [1.165, 1.54) is 6.07 Å². The summed E-state index contributed by atoms with van der Waals surface area (Å²) in [4.78, 5) is 11.1. The van der Waals surface area contributed by atoms with Gasteiger partial charge in [0.25, 0.3) is 0 Å². The van der Waals surface area contributed by atoms with Crippen LogP contribution in [0, 0.1) is 0 Å². The van der Waals surface area contributed by atoms with Gasteiger partial charge in [-0.25, -0.2) is 13.1 Å². The molecule has 0 aliphatic heterocycles. The summed E-state index contributed by atoms with van der Waals surface area (Å²) in [5, 5.41) is 12.6. The Morgan fingerprint density at radius 2 is 2.18 bits per heavy atom. The number of hydrogen-bond acceptors (Lipinski definition) is 5. The van der Waals surface area contributed by atoms with E-state index in [0.29, 0.717) is 0 Å². The van der Waals surface area contributed by atoms with Crippen molar-refractivity contribution in [3.63, 3.8) is 0 Å². The molecule has 0 radical (unpaired) electrons. The molecular weight excluding hydrogens is 264 g/mol. The van der Waals surface area contributed by atoms with E-state index in [9.17, 15) is 13.2 Å². The molecule has 3 N–H and O–H groups in total. The number of aliphatic hydroxyl groups is 1. The zero-order valence-electron chi connectivity index (χ0n) is 9.05. The van der Waals surface area contributed by atoms with Crippen molar-refractivity contribution in [3.8, 4) is 0 Å². The summed E-state index contributed by atoms with van der Waals surface area (Å²) in [6.07, 6.45) is 0.0462. The molecule has 0 aromatic carbocycles. The van der Waals surface area contributed by atoms with E-state index < -0.39 is 10.0 Å². The first kappa shape index (κ1) is 14.1. The Morgan fingerprint density at radius 3 is 2.76 bits per heavy atom. The lowest BCUT2D eigenvalue weighted by Crippen LogP contribution is -2.31. The van der Waals surface area contributed by atoms with Gasteiger partial charge >= 0.3 is 0 Å². The van der Waals surface area contributed by atoms with Gasteiger partial charge in [0.15, 0.2) is 0 Å². The Balaban J connectivity index is 2.34. The fraction of sp³-hybridized carbons (Fsp3) is 0.444. The first-order valence-corrected chi connectivity index (χ1v) is 7.33. The Morgan fingerprint density at radius 1 is 1.41 bits per heavy atom. The molecule has 0 unspecified atom stereocenters. The molecule has 0 bridgehead atoms. The van der Waals surface area contributed by atoms with Gasteiger partial charge in [0.05, 0.1) is 6.61 Å². The lowest BCUT2D eigenvalue weighted by Gasteiger charge is -2.05.